The number of aliphatic carboxylic acids is 1. The minimum Gasteiger partial charge on any atom is -0.481 e. The Morgan fingerprint density at radius 2 is 2.31 bits per heavy atom. The molecule has 0 bridgehead atoms. The maximum atomic E-state index is 11.6. The number of carboxylic acid groups (broad SMARTS) is 1. The Kier molecular flexibility index (Phi) is 3.28. The van der Waals surface area contributed by atoms with E-state index >= 15 is 0 Å². The van der Waals surface area contributed by atoms with Gasteiger partial charge in [0, 0.05) is 11.3 Å². The maximum Gasteiger partial charge on any atom is 0.304 e. The van der Waals surface area contributed by atoms with Gasteiger partial charge in [-0.25, -0.2) is 4.98 Å². The van der Waals surface area contributed by atoms with Gasteiger partial charge in [-0.15, -0.1) is 0 Å². The van der Waals surface area contributed by atoms with E-state index in [0.717, 1.165) is 30.5 Å². The Labute approximate surface area is 96.3 Å². The van der Waals surface area contributed by atoms with E-state index in [9.17, 15) is 9.59 Å². The number of hydrogen-bond acceptors (Lipinski definition) is 4. The Balaban J connectivity index is 2.09. The number of rotatable bonds is 4. The number of nitrogens with zero attached hydrogens (tertiary/aromatic N) is 1. The number of fused-ring (bicyclic) bond motifs is 1. The molecule has 0 fully saturated rings. The fraction of sp³-hybridized carbons (Fsp3) is 0.500. The van der Waals surface area contributed by atoms with Crippen LogP contribution < -0.4 is 5.56 Å². The number of carboxylic acids is 1. The van der Waals surface area contributed by atoms with Crippen molar-refractivity contribution in [2.45, 2.75) is 30.8 Å². The Hall–Kier alpha value is -1.30. The largest absolute Gasteiger partial charge is 0.481 e. The third-order valence-electron chi connectivity index (χ3n) is 2.47. The van der Waals surface area contributed by atoms with Crippen LogP contribution in [0, 0.1) is 0 Å². The number of nitrogens with one attached hydrogen (secondary N) is 1. The van der Waals surface area contributed by atoms with Gasteiger partial charge in [0.25, 0.3) is 5.56 Å². The first kappa shape index (κ1) is 11.2. The molecular weight excluding hydrogens is 228 g/mol. The molecule has 0 saturated heterocycles. The van der Waals surface area contributed by atoms with Crippen LogP contribution in [-0.2, 0) is 17.6 Å². The Morgan fingerprint density at radius 3 is 3.06 bits per heavy atom. The predicted octanol–water partition coefficient (Wildman–Crippen LogP) is 0.825. The second kappa shape index (κ2) is 4.69. The van der Waals surface area contributed by atoms with Gasteiger partial charge in [-0.2, -0.15) is 0 Å². The number of hydrogen-bond donors (Lipinski definition) is 2. The van der Waals surface area contributed by atoms with Crippen molar-refractivity contribution >= 4 is 17.7 Å². The van der Waals surface area contributed by atoms with Gasteiger partial charge in [0.1, 0.15) is 0 Å². The molecule has 2 rings (SSSR count). The molecule has 0 saturated carbocycles. The van der Waals surface area contributed by atoms with Gasteiger partial charge in [-0.05, 0) is 19.3 Å². The topological polar surface area (TPSA) is 83.0 Å². The van der Waals surface area contributed by atoms with E-state index < -0.39 is 5.97 Å². The lowest BCUT2D eigenvalue weighted by atomic mass is 10.3. The standard InChI is InChI=1S/C10H12N2O3S/c13-8(14)4-5-16-10-11-7-3-1-2-6(7)9(15)12-10/h1-5H2,(H,13,14)(H,11,12,15). The van der Waals surface area contributed by atoms with Gasteiger partial charge >= 0.3 is 5.97 Å². The summed E-state index contributed by atoms with van der Waals surface area (Å²) >= 11 is 1.28. The highest BCUT2D eigenvalue weighted by molar-refractivity contribution is 7.99. The summed E-state index contributed by atoms with van der Waals surface area (Å²) in [5.74, 6) is -0.409. The molecule has 86 valence electrons. The summed E-state index contributed by atoms with van der Waals surface area (Å²) in [6.45, 7) is 0. The molecule has 2 N–H and O–H groups in total. The van der Waals surface area contributed by atoms with Crippen molar-refractivity contribution in [3.05, 3.63) is 21.6 Å². The van der Waals surface area contributed by atoms with Crippen LogP contribution in [0.1, 0.15) is 24.1 Å². The number of aromatic nitrogens is 2. The number of H-pyrrole nitrogens is 1. The van der Waals surface area contributed by atoms with E-state index in [1.165, 1.54) is 11.8 Å². The molecule has 1 aromatic heterocycles. The van der Waals surface area contributed by atoms with Gasteiger partial charge in [0.2, 0.25) is 0 Å². The van der Waals surface area contributed by atoms with Crippen molar-refractivity contribution in [2.75, 3.05) is 5.75 Å². The van der Waals surface area contributed by atoms with E-state index in [-0.39, 0.29) is 12.0 Å². The van der Waals surface area contributed by atoms with Crippen LogP contribution in [0.4, 0.5) is 0 Å². The monoisotopic (exact) mass is 240 g/mol. The summed E-state index contributed by atoms with van der Waals surface area (Å²) in [4.78, 5) is 29.0. The molecule has 1 aromatic rings. The molecule has 0 radical (unpaired) electrons. The molecule has 6 heteroatoms. The second-order valence-corrected chi connectivity index (χ2v) is 4.73. The van der Waals surface area contributed by atoms with Crippen molar-refractivity contribution in [1.29, 1.82) is 0 Å². The summed E-state index contributed by atoms with van der Waals surface area (Å²) in [5, 5.41) is 9.03. The van der Waals surface area contributed by atoms with Gasteiger partial charge in [-0.1, -0.05) is 11.8 Å². The van der Waals surface area contributed by atoms with Gasteiger partial charge < -0.3 is 10.1 Å². The summed E-state index contributed by atoms with van der Waals surface area (Å²) in [5.41, 5.74) is 1.60. The number of aromatic amines is 1. The summed E-state index contributed by atoms with van der Waals surface area (Å²) in [6.07, 6.45) is 2.71. The van der Waals surface area contributed by atoms with Gasteiger partial charge in [0.05, 0.1) is 12.1 Å². The summed E-state index contributed by atoms with van der Waals surface area (Å²) in [7, 11) is 0. The van der Waals surface area contributed by atoms with Crippen molar-refractivity contribution in [3.63, 3.8) is 0 Å². The average Bonchev–Trinajstić information content (AvgIpc) is 2.65. The molecule has 1 heterocycles. The normalized spacial score (nSPS) is 13.8. The van der Waals surface area contributed by atoms with Gasteiger partial charge in [0.15, 0.2) is 5.16 Å². The molecule has 0 aromatic carbocycles. The number of thioether (sulfide) groups is 1. The lowest BCUT2D eigenvalue weighted by Crippen LogP contribution is -2.15. The molecule has 0 aliphatic heterocycles. The Bertz CT molecular complexity index is 470. The molecule has 0 atom stereocenters. The van der Waals surface area contributed by atoms with Gasteiger partial charge in [-0.3, -0.25) is 9.59 Å². The van der Waals surface area contributed by atoms with Crippen LogP contribution in [0.5, 0.6) is 0 Å². The third-order valence-corrected chi connectivity index (χ3v) is 3.35. The van der Waals surface area contributed by atoms with E-state index in [1.54, 1.807) is 0 Å². The van der Waals surface area contributed by atoms with E-state index in [1.807, 2.05) is 0 Å². The minimum absolute atomic E-state index is 0.0691. The smallest absolute Gasteiger partial charge is 0.304 e. The zero-order chi connectivity index (χ0) is 11.5. The van der Waals surface area contributed by atoms with Crippen LogP contribution >= 0.6 is 11.8 Å². The highest BCUT2D eigenvalue weighted by atomic mass is 32.2. The first-order valence-corrected chi connectivity index (χ1v) is 6.12. The van der Waals surface area contributed by atoms with Crippen molar-refractivity contribution in [3.8, 4) is 0 Å². The van der Waals surface area contributed by atoms with Crippen LogP contribution in [0.15, 0.2) is 9.95 Å². The fourth-order valence-electron chi connectivity index (χ4n) is 1.72. The van der Waals surface area contributed by atoms with E-state index in [0.29, 0.717) is 10.9 Å². The first-order chi connectivity index (χ1) is 7.66. The fourth-order valence-corrected chi connectivity index (χ4v) is 2.53. The molecule has 16 heavy (non-hydrogen) atoms. The van der Waals surface area contributed by atoms with Crippen molar-refractivity contribution < 1.29 is 9.90 Å². The second-order valence-electron chi connectivity index (χ2n) is 3.64. The number of aryl methyl sites for hydroxylation is 1. The zero-order valence-electron chi connectivity index (χ0n) is 8.65. The van der Waals surface area contributed by atoms with Crippen molar-refractivity contribution in [2.24, 2.45) is 0 Å². The highest BCUT2D eigenvalue weighted by Gasteiger charge is 2.17. The van der Waals surface area contributed by atoms with Crippen LogP contribution in [0.25, 0.3) is 0 Å². The molecular formula is C10H12N2O3S. The predicted molar refractivity (Wildman–Crippen MR) is 59.9 cm³/mol. The molecule has 1 aliphatic rings. The quantitative estimate of drug-likeness (QED) is 0.601. The first-order valence-electron chi connectivity index (χ1n) is 5.13. The molecule has 5 nitrogen and oxygen atoms in total. The highest BCUT2D eigenvalue weighted by Crippen LogP contribution is 2.19. The SMILES string of the molecule is O=C(O)CCSc1nc2c(c(=O)[nH]1)CCC2. The average molecular weight is 240 g/mol. The lowest BCUT2D eigenvalue weighted by molar-refractivity contribution is -0.136. The van der Waals surface area contributed by atoms with Crippen LogP contribution in [0.3, 0.4) is 0 Å². The van der Waals surface area contributed by atoms with Crippen LogP contribution in [-0.4, -0.2) is 26.8 Å². The molecule has 0 amide bonds. The van der Waals surface area contributed by atoms with E-state index in [2.05, 4.69) is 9.97 Å². The van der Waals surface area contributed by atoms with Crippen LogP contribution in [0.2, 0.25) is 0 Å². The third kappa shape index (κ3) is 2.44. The minimum atomic E-state index is -0.837. The zero-order valence-corrected chi connectivity index (χ0v) is 9.47. The number of carbonyl (C=O) groups is 1. The summed E-state index contributed by atoms with van der Waals surface area (Å²) in [6, 6.07) is 0. The van der Waals surface area contributed by atoms with E-state index in [4.69, 9.17) is 5.11 Å². The van der Waals surface area contributed by atoms with Crippen molar-refractivity contribution in [1.82, 2.24) is 9.97 Å². The Morgan fingerprint density at radius 1 is 1.50 bits per heavy atom. The molecule has 1 aliphatic carbocycles. The summed E-state index contributed by atoms with van der Waals surface area (Å²) < 4.78 is 0. The maximum absolute atomic E-state index is 11.6. The molecule has 0 unspecified atom stereocenters. The lowest BCUT2D eigenvalue weighted by Gasteiger charge is -2.02. The molecule has 0 spiro atoms.